The van der Waals surface area contributed by atoms with Crippen LogP contribution >= 0.6 is 11.6 Å². The highest BCUT2D eigenvalue weighted by molar-refractivity contribution is 6.30. The first-order valence-corrected chi connectivity index (χ1v) is 9.15. The summed E-state index contributed by atoms with van der Waals surface area (Å²) < 4.78 is 0. The van der Waals surface area contributed by atoms with E-state index in [0.717, 1.165) is 22.2 Å². The number of amides is 2. The Morgan fingerprint density at radius 3 is 2.77 bits per heavy atom. The molecule has 6 nitrogen and oxygen atoms in total. The summed E-state index contributed by atoms with van der Waals surface area (Å²) in [6.07, 6.45) is 5.42. The predicted octanol–water partition coefficient (Wildman–Crippen LogP) is 4.76. The van der Waals surface area contributed by atoms with Crippen LogP contribution in [0.3, 0.4) is 0 Å². The number of hydrogen-bond donors (Lipinski definition) is 3. The fourth-order valence-electron chi connectivity index (χ4n) is 3.18. The smallest absolute Gasteiger partial charge is 0.320 e. The normalized spacial score (nSPS) is 15.5. The summed E-state index contributed by atoms with van der Waals surface area (Å²) in [4.78, 5) is 16.6. The van der Waals surface area contributed by atoms with E-state index in [-0.39, 0.29) is 12.1 Å². The number of urea groups is 1. The molecule has 1 aliphatic carbocycles. The molecule has 2 amide bonds. The van der Waals surface area contributed by atoms with E-state index in [0.29, 0.717) is 16.8 Å². The number of anilines is 1. The fourth-order valence-corrected chi connectivity index (χ4v) is 3.30. The minimum absolute atomic E-state index is 0.145. The minimum atomic E-state index is -0.307. The second-order valence-corrected chi connectivity index (χ2v) is 7.16. The van der Waals surface area contributed by atoms with Crippen LogP contribution in [0.4, 0.5) is 10.6 Å². The maximum atomic E-state index is 12.3. The highest BCUT2D eigenvalue weighted by Gasteiger charge is 2.24. The number of carbonyl (C=O) groups excluding carboxylic acids is 1. The molecule has 1 saturated carbocycles. The van der Waals surface area contributed by atoms with Crippen molar-refractivity contribution < 1.29 is 4.79 Å². The van der Waals surface area contributed by atoms with Gasteiger partial charge >= 0.3 is 6.03 Å². The molecule has 0 bridgehead atoms. The zero-order valence-electron chi connectivity index (χ0n) is 14.4. The molecule has 0 aliphatic heterocycles. The molecule has 26 heavy (non-hydrogen) atoms. The zero-order valence-corrected chi connectivity index (χ0v) is 15.2. The van der Waals surface area contributed by atoms with E-state index in [1.807, 2.05) is 25.1 Å². The van der Waals surface area contributed by atoms with Crippen molar-refractivity contribution in [3.63, 3.8) is 0 Å². The average molecular weight is 370 g/mol. The summed E-state index contributed by atoms with van der Waals surface area (Å²) in [7, 11) is 0. The molecule has 0 spiro atoms. The predicted molar refractivity (Wildman–Crippen MR) is 103 cm³/mol. The van der Waals surface area contributed by atoms with Crippen molar-refractivity contribution >= 4 is 34.4 Å². The van der Waals surface area contributed by atoms with Gasteiger partial charge in [-0.25, -0.2) is 9.78 Å². The molecule has 1 aliphatic rings. The van der Waals surface area contributed by atoms with Crippen molar-refractivity contribution in [3.05, 3.63) is 52.8 Å². The van der Waals surface area contributed by atoms with Gasteiger partial charge in [0.15, 0.2) is 0 Å². The van der Waals surface area contributed by atoms with E-state index in [9.17, 15) is 4.79 Å². The van der Waals surface area contributed by atoms with Crippen molar-refractivity contribution in [2.24, 2.45) is 0 Å². The number of nitrogens with zero attached hydrogens (tertiary/aromatic N) is 2. The number of rotatable bonds is 4. The maximum absolute atomic E-state index is 12.3. The molecule has 3 aromatic rings. The van der Waals surface area contributed by atoms with Gasteiger partial charge in [0.05, 0.1) is 17.3 Å². The monoisotopic (exact) mass is 369 g/mol. The molecule has 0 unspecified atom stereocenters. The third-order valence-corrected chi connectivity index (χ3v) is 5.18. The maximum Gasteiger partial charge on any atom is 0.320 e. The van der Waals surface area contributed by atoms with Crippen molar-refractivity contribution in [2.75, 3.05) is 5.32 Å². The molecule has 2 heterocycles. The highest BCUT2D eigenvalue weighted by atomic mass is 35.5. The Hall–Kier alpha value is -2.60. The third-order valence-electron chi connectivity index (χ3n) is 4.93. The summed E-state index contributed by atoms with van der Waals surface area (Å²) in [6, 6.07) is 8.76. The van der Waals surface area contributed by atoms with Crippen molar-refractivity contribution in [1.82, 2.24) is 20.5 Å². The molecule has 4 rings (SSSR count). The van der Waals surface area contributed by atoms with Crippen molar-refractivity contribution in [2.45, 2.75) is 38.1 Å². The summed E-state index contributed by atoms with van der Waals surface area (Å²) in [5.74, 6) is 1.02. The molecule has 0 saturated heterocycles. The molecular weight excluding hydrogens is 350 g/mol. The Bertz CT molecular complexity index is 933. The number of H-pyrrole nitrogens is 1. The van der Waals surface area contributed by atoms with Gasteiger partial charge in [-0.05, 0) is 37.5 Å². The lowest BCUT2D eigenvalue weighted by Gasteiger charge is -2.23. The van der Waals surface area contributed by atoms with E-state index in [1.165, 1.54) is 19.3 Å². The highest BCUT2D eigenvalue weighted by Crippen LogP contribution is 2.38. The molecule has 0 radical (unpaired) electrons. The SMILES string of the molecule is C[C@@H](NC(=O)Nc1cc2[nH]nc(C3CCC3)c2cn1)c1ccc(Cl)cc1. The van der Waals surface area contributed by atoms with Gasteiger partial charge in [-0.2, -0.15) is 5.10 Å². The average Bonchev–Trinajstić information content (AvgIpc) is 2.96. The van der Waals surface area contributed by atoms with Crippen LogP contribution in [0.1, 0.15) is 49.4 Å². The lowest BCUT2D eigenvalue weighted by Crippen LogP contribution is -2.31. The van der Waals surface area contributed by atoms with E-state index >= 15 is 0 Å². The van der Waals surface area contributed by atoms with Crippen molar-refractivity contribution in [3.8, 4) is 0 Å². The molecule has 134 valence electrons. The van der Waals surface area contributed by atoms with E-state index in [1.54, 1.807) is 18.3 Å². The molecule has 1 atom stereocenters. The fraction of sp³-hybridized carbons (Fsp3) is 0.316. The first kappa shape index (κ1) is 16.8. The Morgan fingerprint density at radius 2 is 2.08 bits per heavy atom. The second kappa shape index (κ2) is 6.96. The van der Waals surface area contributed by atoms with Gasteiger partial charge in [0, 0.05) is 28.6 Å². The standard InChI is InChI=1S/C19H20ClN5O/c1-11(12-5-7-14(20)8-6-12)22-19(26)23-17-9-16-15(10-21-17)18(25-24-16)13-3-2-4-13/h5-11,13H,2-4H2,1H3,(H,24,25)(H2,21,22,23,26)/t11-/m1/s1. The van der Waals surface area contributed by atoms with Crippen LogP contribution in [0.15, 0.2) is 36.5 Å². The van der Waals surface area contributed by atoms with Gasteiger partial charge in [0.2, 0.25) is 0 Å². The number of hydrogen-bond acceptors (Lipinski definition) is 3. The largest absolute Gasteiger partial charge is 0.331 e. The van der Waals surface area contributed by atoms with Gasteiger partial charge in [0.1, 0.15) is 5.82 Å². The Morgan fingerprint density at radius 1 is 1.31 bits per heavy atom. The summed E-state index contributed by atoms with van der Waals surface area (Å²) in [6.45, 7) is 1.92. The zero-order chi connectivity index (χ0) is 18.1. The minimum Gasteiger partial charge on any atom is -0.331 e. The quantitative estimate of drug-likeness (QED) is 0.619. The van der Waals surface area contributed by atoms with Crippen LogP contribution in [-0.4, -0.2) is 21.2 Å². The first-order chi connectivity index (χ1) is 12.6. The van der Waals surface area contributed by atoms with Gasteiger partial charge < -0.3 is 5.32 Å². The number of fused-ring (bicyclic) bond motifs is 1. The van der Waals surface area contributed by atoms with Gasteiger partial charge in [-0.15, -0.1) is 0 Å². The Balaban J connectivity index is 1.43. The topological polar surface area (TPSA) is 82.7 Å². The van der Waals surface area contributed by atoms with E-state index in [4.69, 9.17) is 11.6 Å². The molecule has 3 N–H and O–H groups in total. The second-order valence-electron chi connectivity index (χ2n) is 6.72. The number of nitrogens with one attached hydrogen (secondary N) is 3. The van der Waals surface area contributed by atoms with Gasteiger partial charge in [-0.3, -0.25) is 10.4 Å². The van der Waals surface area contributed by atoms with Crippen LogP contribution < -0.4 is 10.6 Å². The number of aromatic amines is 1. The van der Waals surface area contributed by atoms with E-state index < -0.39 is 0 Å². The first-order valence-electron chi connectivity index (χ1n) is 8.77. The molecule has 1 aromatic carbocycles. The lowest BCUT2D eigenvalue weighted by molar-refractivity contribution is 0.249. The lowest BCUT2D eigenvalue weighted by atomic mass is 9.82. The van der Waals surface area contributed by atoms with E-state index in [2.05, 4.69) is 25.8 Å². The van der Waals surface area contributed by atoms with Gasteiger partial charge in [-0.1, -0.05) is 30.2 Å². The summed E-state index contributed by atoms with van der Waals surface area (Å²) in [5, 5.41) is 14.9. The number of benzene rings is 1. The molecule has 1 fully saturated rings. The number of halogens is 1. The molecule has 2 aromatic heterocycles. The molecular formula is C19H20ClN5O. The molecule has 7 heteroatoms. The Labute approximate surface area is 156 Å². The van der Waals surface area contributed by atoms with Crippen LogP contribution in [0.25, 0.3) is 10.9 Å². The van der Waals surface area contributed by atoms with Crippen LogP contribution in [-0.2, 0) is 0 Å². The van der Waals surface area contributed by atoms with Crippen LogP contribution in [0, 0.1) is 0 Å². The summed E-state index contributed by atoms with van der Waals surface area (Å²) >= 11 is 5.90. The number of aromatic nitrogens is 3. The number of pyridine rings is 1. The summed E-state index contributed by atoms with van der Waals surface area (Å²) in [5.41, 5.74) is 2.96. The Kier molecular flexibility index (Phi) is 4.51. The van der Waals surface area contributed by atoms with Crippen LogP contribution in [0.2, 0.25) is 5.02 Å². The van der Waals surface area contributed by atoms with Gasteiger partial charge in [0.25, 0.3) is 0 Å². The van der Waals surface area contributed by atoms with Crippen LogP contribution in [0.5, 0.6) is 0 Å². The number of carbonyl (C=O) groups is 1. The van der Waals surface area contributed by atoms with Crippen molar-refractivity contribution in [1.29, 1.82) is 0 Å². The third kappa shape index (κ3) is 3.37.